The second kappa shape index (κ2) is 9.33. The van der Waals surface area contributed by atoms with Gasteiger partial charge in [-0.3, -0.25) is 0 Å². The van der Waals surface area contributed by atoms with Gasteiger partial charge in [0.05, 0.1) is 0 Å². The molecule has 0 radical (unpaired) electrons. The SMILES string of the molecule is FC1(F)C(Cl)=C(N2CCCN(C3=C(Cl)C(F)(F)C3(F)F)CCCN(C3=C(Cl)C(F)(F)C3(F)F)CCC2)C1(F)F. The lowest BCUT2D eigenvalue weighted by molar-refractivity contribution is -0.202. The molecule has 4 rings (SSSR count). The van der Waals surface area contributed by atoms with E-state index in [0.717, 1.165) is 0 Å². The van der Waals surface area contributed by atoms with E-state index >= 15 is 0 Å². The lowest BCUT2D eigenvalue weighted by atomic mass is 9.92. The number of rotatable bonds is 3. The van der Waals surface area contributed by atoms with Crippen molar-refractivity contribution in [2.75, 3.05) is 39.3 Å². The second-order valence-electron chi connectivity index (χ2n) is 9.46. The molecule has 0 N–H and O–H groups in total. The number of nitrogens with zero attached hydrogens (tertiary/aromatic N) is 3. The number of hydrogen-bond acceptors (Lipinski definition) is 3. The van der Waals surface area contributed by atoms with Gasteiger partial charge in [0.2, 0.25) is 0 Å². The van der Waals surface area contributed by atoms with E-state index in [9.17, 15) is 52.7 Å². The first-order chi connectivity index (χ1) is 17.7. The highest BCUT2D eigenvalue weighted by Crippen LogP contribution is 2.60. The standard InChI is InChI=1S/C21H18Cl3F12N3/c22-10-13(19(31,32)16(10,25)26)37-4-1-5-38(14-11(23)17(27,28)20(14,33)34)7-3-9-39(8-2-6-37)15-12(24)18(29,30)21(15,35)36/h1-9H2. The predicted molar refractivity (Wildman–Crippen MR) is 117 cm³/mol. The van der Waals surface area contributed by atoms with Crippen LogP contribution in [0.1, 0.15) is 19.3 Å². The fourth-order valence-corrected chi connectivity index (χ4v) is 5.98. The van der Waals surface area contributed by atoms with Crippen LogP contribution in [-0.4, -0.2) is 89.5 Å². The Hall–Kier alpha value is -1.35. The first-order valence-electron chi connectivity index (χ1n) is 11.4. The van der Waals surface area contributed by atoms with E-state index in [1.54, 1.807) is 0 Å². The maximum Gasteiger partial charge on any atom is 0.356 e. The largest absolute Gasteiger partial charge is 0.368 e. The molecule has 0 bridgehead atoms. The Kier molecular flexibility index (Phi) is 7.32. The van der Waals surface area contributed by atoms with Gasteiger partial charge in [-0.15, -0.1) is 0 Å². The number of hydrogen-bond donors (Lipinski definition) is 0. The molecule has 4 aliphatic rings. The van der Waals surface area contributed by atoms with Crippen molar-refractivity contribution in [3.8, 4) is 0 Å². The van der Waals surface area contributed by atoms with Crippen LogP contribution in [0, 0.1) is 0 Å². The Morgan fingerprint density at radius 2 is 0.538 bits per heavy atom. The molecule has 0 aromatic rings. The van der Waals surface area contributed by atoms with Crippen LogP contribution in [0.2, 0.25) is 0 Å². The summed E-state index contributed by atoms with van der Waals surface area (Å²) >= 11 is 16.3. The maximum absolute atomic E-state index is 14.2. The summed E-state index contributed by atoms with van der Waals surface area (Å²) in [5.41, 5.74) is -3.83. The fourth-order valence-electron chi connectivity index (χ4n) is 4.91. The van der Waals surface area contributed by atoms with Gasteiger partial charge in [0.1, 0.15) is 32.2 Å². The van der Waals surface area contributed by atoms with Crippen LogP contribution in [0.5, 0.6) is 0 Å². The molecular formula is C21H18Cl3F12N3. The minimum Gasteiger partial charge on any atom is -0.368 e. The molecule has 3 nitrogen and oxygen atoms in total. The zero-order valence-corrected chi connectivity index (χ0v) is 21.6. The fraction of sp³-hybridized carbons (Fsp3) is 0.714. The quantitative estimate of drug-likeness (QED) is 0.299. The van der Waals surface area contributed by atoms with Crippen LogP contribution in [0.15, 0.2) is 32.2 Å². The molecule has 222 valence electrons. The Balaban J connectivity index is 1.66. The monoisotopic (exact) mass is 645 g/mol. The summed E-state index contributed by atoms with van der Waals surface area (Å²) in [6.45, 7) is -3.01. The average Bonchev–Trinajstić information content (AvgIpc) is 2.81. The third kappa shape index (κ3) is 4.10. The van der Waals surface area contributed by atoms with Gasteiger partial charge < -0.3 is 14.7 Å². The molecule has 0 amide bonds. The van der Waals surface area contributed by atoms with Gasteiger partial charge in [0.25, 0.3) is 0 Å². The molecule has 1 heterocycles. The summed E-state index contributed by atoms with van der Waals surface area (Å²) in [5.74, 6) is -28.2. The van der Waals surface area contributed by atoms with Crippen molar-refractivity contribution in [3.05, 3.63) is 32.2 Å². The summed E-state index contributed by atoms with van der Waals surface area (Å²) < 4.78 is 167. The summed E-state index contributed by atoms with van der Waals surface area (Å²) in [6.07, 6.45) is -0.846. The molecular weight excluding hydrogens is 629 g/mol. The van der Waals surface area contributed by atoms with Gasteiger partial charge in [0.15, 0.2) is 0 Å². The molecule has 1 fully saturated rings. The molecule has 18 heteroatoms. The van der Waals surface area contributed by atoms with Crippen molar-refractivity contribution in [1.29, 1.82) is 0 Å². The van der Waals surface area contributed by atoms with Crippen molar-refractivity contribution < 1.29 is 52.7 Å². The number of allylic oxidation sites excluding steroid dienone is 6. The van der Waals surface area contributed by atoms with Gasteiger partial charge in [0, 0.05) is 39.3 Å². The van der Waals surface area contributed by atoms with Crippen molar-refractivity contribution in [2.24, 2.45) is 0 Å². The molecule has 0 aromatic heterocycles. The Bertz CT molecular complexity index is 985. The molecule has 0 unspecified atom stereocenters. The smallest absolute Gasteiger partial charge is 0.356 e. The van der Waals surface area contributed by atoms with Crippen LogP contribution in [-0.2, 0) is 0 Å². The van der Waals surface area contributed by atoms with E-state index in [2.05, 4.69) is 0 Å². The first kappa shape index (κ1) is 30.6. The highest BCUT2D eigenvalue weighted by Gasteiger charge is 2.74. The van der Waals surface area contributed by atoms with E-state index in [0.29, 0.717) is 14.7 Å². The molecule has 3 aliphatic carbocycles. The topological polar surface area (TPSA) is 9.72 Å². The van der Waals surface area contributed by atoms with E-state index in [-0.39, 0.29) is 19.3 Å². The molecule has 0 atom stereocenters. The van der Waals surface area contributed by atoms with E-state index in [1.165, 1.54) is 0 Å². The minimum atomic E-state index is -4.72. The van der Waals surface area contributed by atoms with Crippen LogP contribution in [0.3, 0.4) is 0 Å². The molecule has 0 saturated carbocycles. The van der Waals surface area contributed by atoms with Crippen molar-refractivity contribution >= 4 is 34.8 Å². The van der Waals surface area contributed by atoms with Crippen molar-refractivity contribution in [3.63, 3.8) is 0 Å². The Morgan fingerprint density at radius 3 is 0.692 bits per heavy atom. The molecule has 1 saturated heterocycles. The van der Waals surface area contributed by atoms with Crippen molar-refractivity contribution in [2.45, 2.75) is 54.8 Å². The molecule has 39 heavy (non-hydrogen) atoms. The number of alkyl halides is 12. The van der Waals surface area contributed by atoms with E-state index in [4.69, 9.17) is 34.8 Å². The predicted octanol–water partition coefficient (Wildman–Crippen LogP) is 7.28. The third-order valence-electron chi connectivity index (χ3n) is 7.04. The number of halogens is 15. The van der Waals surface area contributed by atoms with Gasteiger partial charge in [-0.25, -0.2) is 0 Å². The zero-order valence-electron chi connectivity index (χ0n) is 19.4. The third-order valence-corrected chi connectivity index (χ3v) is 8.29. The van der Waals surface area contributed by atoms with Crippen LogP contribution in [0.25, 0.3) is 0 Å². The highest BCUT2D eigenvalue weighted by atomic mass is 35.5. The van der Waals surface area contributed by atoms with Gasteiger partial charge in [-0.2, -0.15) is 52.7 Å². The summed E-state index contributed by atoms with van der Waals surface area (Å²) in [6, 6.07) is 0. The highest BCUT2D eigenvalue weighted by molar-refractivity contribution is 6.33. The van der Waals surface area contributed by atoms with E-state index < -0.39 is 107 Å². The van der Waals surface area contributed by atoms with Gasteiger partial charge in [-0.05, 0) is 19.3 Å². The molecule has 0 aromatic carbocycles. The Morgan fingerprint density at radius 1 is 0.359 bits per heavy atom. The Labute approximate surface area is 228 Å². The maximum atomic E-state index is 14.2. The van der Waals surface area contributed by atoms with Crippen molar-refractivity contribution in [1.82, 2.24) is 14.7 Å². The van der Waals surface area contributed by atoms with Crippen LogP contribution in [0.4, 0.5) is 52.7 Å². The van der Waals surface area contributed by atoms with Crippen LogP contribution < -0.4 is 0 Å². The van der Waals surface area contributed by atoms with Crippen LogP contribution >= 0.6 is 34.8 Å². The first-order valence-corrected chi connectivity index (χ1v) is 12.5. The van der Waals surface area contributed by atoms with E-state index in [1.807, 2.05) is 0 Å². The normalized spacial score (nSPS) is 29.8. The lowest BCUT2D eigenvalue weighted by Crippen LogP contribution is -2.59. The molecule has 1 aliphatic heterocycles. The lowest BCUT2D eigenvalue weighted by Gasteiger charge is -2.47. The second-order valence-corrected chi connectivity index (χ2v) is 10.6. The molecule has 0 spiro atoms. The average molecular weight is 647 g/mol. The van der Waals surface area contributed by atoms with Gasteiger partial charge >= 0.3 is 35.5 Å². The summed E-state index contributed by atoms with van der Waals surface area (Å²) in [7, 11) is 0. The summed E-state index contributed by atoms with van der Waals surface area (Å²) in [4.78, 5) is 2.10. The summed E-state index contributed by atoms with van der Waals surface area (Å²) in [5, 5.41) is -4.46. The minimum absolute atomic E-state index is 0.282. The zero-order chi connectivity index (χ0) is 29.6. The van der Waals surface area contributed by atoms with Gasteiger partial charge in [-0.1, -0.05) is 34.8 Å².